The van der Waals surface area contributed by atoms with Crippen molar-refractivity contribution in [3.05, 3.63) is 33.8 Å². The van der Waals surface area contributed by atoms with Gasteiger partial charge in [-0.15, -0.1) is 0 Å². The molecule has 0 fully saturated rings. The van der Waals surface area contributed by atoms with Gasteiger partial charge < -0.3 is 9.74 Å². The van der Waals surface area contributed by atoms with Crippen molar-refractivity contribution in [2.75, 3.05) is 7.11 Å². The molecule has 0 saturated carbocycles. The standard InChI is InChI=1S/C16H26BrNOSi/c1-16(2,3)20(5,19-4)11-13-9-14-12(10-18-13)7-6-8-15(14)17/h6-8,13,18H,9-11H2,1-5H3/t13-,20?/m1/s1. The zero-order valence-electron chi connectivity index (χ0n) is 13.2. The number of hydrogen-bond acceptors (Lipinski definition) is 2. The molecule has 0 radical (unpaired) electrons. The molecule has 1 aliphatic rings. The lowest BCUT2D eigenvalue weighted by molar-refractivity contribution is 0.352. The minimum atomic E-state index is -1.73. The Bertz CT molecular complexity index is 486. The number of halogens is 1. The molecule has 20 heavy (non-hydrogen) atoms. The third-order valence-corrected chi connectivity index (χ3v) is 11.0. The first-order chi connectivity index (χ1) is 9.27. The highest BCUT2D eigenvalue weighted by molar-refractivity contribution is 9.10. The van der Waals surface area contributed by atoms with Gasteiger partial charge in [0, 0.05) is 24.2 Å². The monoisotopic (exact) mass is 355 g/mol. The van der Waals surface area contributed by atoms with E-state index < -0.39 is 8.32 Å². The summed E-state index contributed by atoms with van der Waals surface area (Å²) in [5.41, 5.74) is 2.89. The summed E-state index contributed by atoms with van der Waals surface area (Å²) in [5.74, 6) is 0. The van der Waals surface area contributed by atoms with Crippen molar-refractivity contribution in [2.45, 2.75) is 57.4 Å². The van der Waals surface area contributed by atoms with E-state index in [4.69, 9.17) is 4.43 Å². The average Bonchev–Trinajstić information content (AvgIpc) is 2.38. The molecule has 4 heteroatoms. The number of benzene rings is 1. The molecule has 1 aromatic carbocycles. The van der Waals surface area contributed by atoms with E-state index in [1.54, 1.807) is 0 Å². The second-order valence-electron chi connectivity index (χ2n) is 7.05. The molecular weight excluding hydrogens is 330 g/mol. The van der Waals surface area contributed by atoms with Crippen LogP contribution in [-0.4, -0.2) is 21.5 Å². The van der Waals surface area contributed by atoms with Gasteiger partial charge in [-0.2, -0.15) is 0 Å². The zero-order chi connectivity index (χ0) is 15.0. The number of fused-ring (bicyclic) bond motifs is 1. The summed E-state index contributed by atoms with van der Waals surface area (Å²) >= 11 is 3.70. The lowest BCUT2D eigenvalue weighted by atomic mass is 9.97. The summed E-state index contributed by atoms with van der Waals surface area (Å²) in [6.45, 7) is 10.3. The van der Waals surface area contributed by atoms with E-state index >= 15 is 0 Å². The van der Waals surface area contributed by atoms with Gasteiger partial charge in [0.05, 0.1) is 0 Å². The van der Waals surface area contributed by atoms with Crippen LogP contribution in [0.5, 0.6) is 0 Å². The van der Waals surface area contributed by atoms with Gasteiger partial charge in [0.25, 0.3) is 0 Å². The Labute approximate surface area is 132 Å². The lowest BCUT2D eigenvalue weighted by Gasteiger charge is -2.41. The minimum absolute atomic E-state index is 0.262. The SMILES string of the molecule is CO[Si](C)(C[C@H]1Cc2c(Br)cccc2CN1)C(C)(C)C. The summed E-state index contributed by atoms with van der Waals surface area (Å²) in [6.07, 6.45) is 1.10. The van der Waals surface area contributed by atoms with Crippen LogP contribution in [0.15, 0.2) is 22.7 Å². The normalized spacial score (nSPS) is 22.2. The summed E-state index contributed by atoms with van der Waals surface area (Å²) in [7, 11) is 0.164. The summed E-state index contributed by atoms with van der Waals surface area (Å²) < 4.78 is 7.26. The number of rotatable bonds is 3. The highest BCUT2D eigenvalue weighted by Crippen LogP contribution is 2.41. The van der Waals surface area contributed by atoms with Crippen LogP contribution in [0.4, 0.5) is 0 Å². The minimum Gasteiger partial charge on any atom is -0.420 e. The molecule has 0 spiro atoms. The highest BCUT2D eigenvalue weighted by atomic mass is 79.9. The van der Waals surface area contributed by atoms with Gasteiger partial charge in [0.1, 0.15) is 0 Å². The molecule has 1 aromatic rings. The number of hydrogen-bond donors (Lipinski definition) is 1. The maximum atomic E-state index is 6.01. The summed E-state index contributed by atoms with van der Waals surface area (Å²) in [6, 6.07) is 8.18. The molecule has 0 saturated heterocycles. The van der Waals surface area contributed by atoms with Crippen LogP contribution in [0, 0.1) is 0 Å². The van der Waals surface area contributed by atoms with Crippen LogP contribution in [-0.2, 0) is 17.4 Å². The van der Waals surface area contributed by atoms with Crippen molar-refractivity contribution in [2.24, 2.45) is 0 Å². The molecule has 0 amide bonds. The second-order valence-corrected chi connectivity index (χ2v) is 12.7. The fourth-order valence-electron chi connectivity index (χ4n) is 2.88. The first-order valence-electron chi connectivity index (χ1n) is 7.31. The van der Waals surface area contributed by atoms with Crippen LogP contribution in [0.1, 0.15) is 31.9 Å². The van der Waals surface area contributed by atoms with E-state index in [0.717, 1.165) is 19.0 Å². The lowest BCUT2D eigenvalue weighted by Crippen LogP contribution is -2.50. The van der Waals surface area contributed by atoms with Crippen LogP contribution >= 0.6 is 15.9 Å². The summed E-state index contributed by atoms with van der Waals surface area (Å²) in [4.78, 5) is 0. The third kappa shape index (κ3) is 3.19. The molecule has 0 aromatic heterocycles. The quantitative estimate of drug-likeness (QED) is 0.806. The molecule has 2 rings (SSSR count). The molecule has 1 aliphatic heterocycles. The zero-order valence-corrected chi connectivity index (χ0v) is 15.8. The molecule has 1 N–H and O–H groups in total. The average molecular weight is 356 g/mol. The van der Waals surface area contributed by atoms with Crippen molar-refractivity contribution < 1.29 is 4.43 Å². The van der Waals surface area contributed by atoms with Crippen molar-refractivity contribution >= 4 is 24.2 Å². The predicted octanol–water partition coefficient (Wildman–Crippen LogP) is 4.49. The van der Waals surface area contributed by atoms with Gasteiger partial charge in [-0.25, -0.2) is 0 Å². The Morgan fingerprint density at radius 1 is 1.40 bits per heavy atom. The van der Waals surface area contributed by atoms with E-state index in [9.17, 15) is 0 Å². The topological polar surface area (TPSA) is 21.3 Å². The van der Waals surface area contributed by atoms with Gasteiger partial charge in [-0.3, -0.25) is 0 Å². The Morgan fingerprint density at radius 2 is 2.10 bits per heavy atom. The van der Waals surface area contributed by atoms with Crippen molar-refractivity contribution in [3.8, 4) is 0 Å². The van der Waals surface area contributed by atoms with Gasteiger partial charge in [0.2, 0.25) is 0 Å². The summed E-state index contributed by atoms with van der Waals surface area (Å²) in [5, 5.41) is 3.96. The van der Waals surface area contributed by atoms with E-state index in [1.165, 1.54) is 15.6 Å². The Balaban J connectivity index is 2.16. The molecule has 2 nitrogen and oxygen atoms in total. The first-order valence-corrected chi connectivity index (χ1v) is 10.7. The Kier molecular flexibility index (Phi) is 4.79. The van der Waals surface area contributed by atoms with Crippen LogP contribution in [0.25, 0.3) is 0 Å². The molecular formula is C16H26BrNOSi. The first kappa shape index (κ1) is 16.2. The molecule has 112 valence electrons. The van der Waals surface area contributed by atoms with Gasteiger partial charge >= 0.3 is 0 Å². The van der Waals surface area contributed by atoms with Crippen molar-refractivity contribution in [3.63, 3.8) is 0 Å². The maximum absolute atomic E-state index is 6.01. The Morgan fingerprint density at radius 3 is 2.70 bits per heavy atom. The predicted molar refractivity (Wildman–Crippen MR) is 91.6 cm³/mol. The molecule has 0 aliphatic carbocycles. The molecule has 1 heterocycles. The van der Waals surface area contributed by atoms with Crippen LogP contribution in [0.2, 0.25) is 17.6 Å². The van der Waals surface area contributed by atoms with Gasteiger partial charge in [-0.1, -0.05) is 48.8 Å². The van der Waals surface area contributed by atoms with E-state index in [1.807, 2.05) is 7.11 Å². The largest absolute Gasteiger partial charge is 0.420 e. The maximum Gasteiger partial charge on any atom is 0.196 e. The highest BCUT2D eigenvalue weighted by Gasteiger charge is 2.43. The Hall–Kier alpha value is -0.163. The second kappa shape index (κ2) is 5.91. The van der Waals surface area contributed by atoms with Crippen LogP contribution in [0.3, 0.4) is 0 Å². The molecule has 0 bridgehead atoms. The van der Waals surface area contributed by atoms with E-state index in [2.05, 4.69) is 66.8 Å². The van der Waals surface area contributed by atoms with Crippen molar-refractivity contribution in [1.82, 2.24) is 5.32 Å². The molecule has 1 unspecified atom stereocenters. The number of nitrogens with one attached hydrogen (secondary N) is 1. The van der Waals surface area contributed by atoms with Crippen molar-refractivity contribution in [1.29, 1.82) is 0 Å². The fraction of sp³-hybridized carbons (Fsp3) is 0.625. The smallest absolute Gasteiger partial charge is 0.196 e. The fourth-order valence-corrected chi connectivity index (χ4v) is 6.07. The van der Waals surface area contributed by atoms with E-state index in [-0.39, 0.29) is 5.04 Å². The van der Waals surface area contributed by atoms with Gasteiger partial charge in [-0.05, 0) is 41.2 Å². The third-order valence-electron chi connectivity index (χ3n) is 4.92. The van der Waals surface area contributed by atoms with Gasteiger partial charge in [0.15, 0.2) is 8.32 Å². The van der Waals surface area contributed by atoms with E-state index in [0.29, 0.717) is 6.04 Å². The molecule has 2 atom stereocenters. The van der Waals surface area contributed by atoms with Crippen LogP contribution < -0.4 is 5.32 Å².